The van der Waals surface area contributed by atoms with E-state index >= 15 is 0 Å². The number of carbonyl (C=O) groups is 1. The van der Waals surface area contributed by atoms with Crippen LogP contribution in [0.5, 0.6) is 0 Å². The quantitative estimate of drug-likeness (QED) is 0.784. The molecule has 2 aromatic rings. The lowest BCUT2D eigenvalue weighted by atomic mass is 9.80. The van der Waals surface area contributed by atoms with E-state index in [1.165, 1.54) is 11.1 Å². The SMILES string of the molecule is Cc1ccc([C@H]2O[C@@H](c3ccc(C)cc3)[C@H](C)C(=O)[C@@H]2C)cc1. The molecular weight excluding hydrogens is 284 g/mol. The van der Waals surface area contributed by atoms with E-state index in [0.29, 0.717) is 0 Å². The Kier molecular flexibility index (Phi) is 4.36. The van der Waals surface area contributed by atoms with E-state index in [2.05, 4.69) is 62.4 Å². The molecule has 1 fully saturated rings. The van der Waals surface area contributed by atoms with Gasteiger partial charge in [-0.3, -0.25) is 4.79 Å². The van der Waals surface area contributed by atoms with Crippen LogP contribution in [0.4, 0.5) is 0 Å². The van der Waals surface area contributed by atoms with Gasteiger partial charge in [0.2, 0.25) is 0 Å². The maximum atomic E-state index is 12.7. The third kappa shape index (κ3) is 3.09. The second-order valence-electron chi connectivity index (χ2n) is 6.78. The minimum Gasteiger partial charge on any atom is -0.364 e. The molecule has 0 N–H and O–H groups in total. The predicted octanol–water partition coefficient (Wildman–Crippen LogP) is 4.96. The van der Waals surface area contributed by atoms with Crippen molar-refractivity contribution in [3.8, 4) is 0 Å². The number of rotatable bonds is 2. The molecule has 0 bridgehead atoms. The van der Waals surface area contributed by atoms with Crippen molar-refractivity contribution in [2.24, 2.45) is 11.8 Å². The summed E-state index contributed by atoms with van der Waals surface area (Å²) < 4.78 is 6.41. The first-order chi connectivity index (χ1) is 11.0. The monoisotopic (exact) mass is 308 g/mol. The van der Waals surface area contributed by atoms with Crippen LogP contribution in [0.3, 0.4) is 0 Å². The summed E-state index contributed by atoms with van der Waals surface area (Å²) >= 11 is 0. The Morgan fingerprint density at radius 1 is 0.696 bits per heavy atom. The summed E-state index contributed by atoms with van der Waals surface area (Å²) in [4.78, 5) is 12.7. The van der Waals surface area contributed by atoms with E-state index in [-0.39, 0.29) is 29.8 Å². The van der Waals surface area contributed by atoms with E-state index in [0.717, 1.165) is 11.1 Å². The van der Waals surface area contributed by atoms with Gasteiger partial charge in [0.15, 0.2) is 0 Å². The number of Topliss-reactive ketones (excluding diaryl/α,β-unsaturated/α-hetero) is 1. The molecule has 0 amide bonds. The fraction of sp³-hybridized carbons (Fsp3) is 0.381. The van der Waals surface area contributed by atoms with Gasteiger partial charge in [-0.25, -0.2) is 0 Å². The molecule has 2 heteroatoms. The molecule has 0 saturated carbocycles. The Hall–Kier alpha value is -1.93. The van der Waals surface area contributed by atoms with E-state index in [9.17, 15) is 4.79 Å². The van der Waals surface area contributed by atoms with Gasteiger partial charge in [-0.1, -0.05) is 73.5 Å². The topological polar surface area (TPSA) is 26.3 Å². The average Bonchev–Trinajstić information content (AvgIpc) is 2.55. The largest absolute Gasteiger partial charge is 0.364 e. The first kappa shape index (κ1) is 15.9. The van der Waals surface area contributed by atoms with Crippen LogP contribution < -0.4 is 0 Å². The molecule has 1 aliphatic rings. The standard InChI is InChI=1S/C21H24O2/c1-13-5-9-17(10-6-13)20-15(3)19(22)16(4)21(23-20)18-11-7-14(2)8-12-18/h5-12,15-16,20-21H,1-4H3/t15-,16+,20-,21+. The zero-order valence-electron chi connectivity index (χ0n) is 14.2. The second kappa shape index (κ2) is 6.29. The normalized spacial score (nSPS) is 27.9. The highest BCUT2D eigenvalue weighted by atomic mass is 16.5. The molecular formula is C21H24O2. The molecule has 1 saturated heterocycles. The molecule has 23 heavy (non-hydrogen) atoms. The smallest absolute Gasteiger partial charge is 0.144 e. The maximum absolute atomic E-state index is 12.7. The van der Waals surface area contributed by atoms with Crippen LogP contribution in [0.1, 0.15) is 48.3 Å². The van der Waals surface area contributed by atoms with Gasteiger partial charge in [0.05, 0.1) is 12.2 Å². The second-order valence-corrected chi connectivity index (χ2v) is 6.78. The summed E-state index contributed by atoms with van der Waals surface area (Å²) in [6.07, 6.45) is -0.351. The van der Waals surface area contributed by atoms with Crippen LogP contribution in [0.25, 0.3) is 0 Å². The Morgan fingerprint density at radius 2 is 1.04 bits per heavy atom. The molecule has 0 spiro atoms. The number of carbonyl (C=O) groups excluding carboxylic acids is 1. The molecule has 2 nitrogen and oxygen atoms in total. The third-order valence-electron chi connectivity index (χ3n) is 4.91. The van der Waals surface area contributed by atoms with Crippen molar-refractivity contribution in [1.82, 2.24) is 0 Å². The summed E-state index contributed by atoms with van der Waals surface area (Å²) in [6, 6.07) is 16.6. The number of benzene rings is 2. The molecule has 1 heterocycles. The van der Waals surface area contributed by atoms with Crippen LogP contribution in [-0.2, 0) is 9.53 Å². The molecule has 0 aliphatic carbocycles. The lowest BCUT2D eigenvalue weighted by Gasteiger charge is -2.38. The molecule has 2 aromatic carbocycles. The van der Waals surface area contributed by atoms with E-state index < -0.39 is 0 Å². The molecule has 0 radical (unpaired) electrons. The molecule has 120 valence electrons. The van der Waals surface area contributed by atoms with Crippen LogP contribution in [-0.4, -0.2) is 5.78 Å². The predicted molar refractivity (Wildman–Crippen MR) is 92.3 cm³/mol. The van der Waals surface area contributed by atoms with Crippen molar-refractivity contribution in [3.05, 3.63) is 70.8 Å². The highest BCUT2D eigenvalue weighted by Crippen LogP contribution is 2.43. The zero-order chi connectivity index (χ0) is 16.6. The van der Waals surface area contributed by atoms with Crippen molar-refractivity contribution in [2.45, 2.75) is 39.9 Å². The Morgan fingerprint density at radius 3 is 1.39 bits per heavy atom. The van der Waals surface area contributed by atoms with Gasteiger partial charge < -0.3 is 4.74 Å². The minimum atomic E-state index is -0.175. The average molecular weight is 308 g/mol. The van der Waals surface area contributed by atoms with Crippen LogP contribution in [0.15, 0.2) is 48.5 Å². The van der Waals surface area contributed by atoms with Crippen molar-refractivity contribution in [2.75, 3.05) is 0 Å². The first-order valence-electron chi connectivity index (χ1n) is 8.29. The number of hydrogen-bond donors (Lipinski definition) is 0. The molecule has 4 atom stereocenters. The van der Waals surface area contributed by atoms with Crippen molar-refractivity contribution in [3.63, 3.8) is 0 Å². The van der Waals surface area contributed by atoms with Gasteiger partial charge in [0.25, 0.3) is 0 Å². The van der Waals surface area contributed by atoms with E-state index in [1.54, 1.807) is 0 Å². The number of hydrogen-bond acceptors (Lipinski definition) is 2. The zero-order valence-corrected chi connectivity index (χ0v) is 14.2. The fourth-order valence-corrected chi connectivity index (χ4v) is 3.35. The molecule has 0 aromatic heterocycles. The van der Waals surface area contributed by atoms with E-state index in [1.807, 2.05) is 13.8 Å². The van der Waals surface area contributed by atoms with Gasteiger partial charge in [0.1, 0.15) is 5.78 Å². The fourth-order valence-electron chi connectivity index (χ4n) is 3.35. The number of ether oxygens (including phenoxy) is 1. The Balaban J connectivity index is 1.94. The number of ketones is 1. The van der Waals surface area contributed by atoms with E-state index in [4.69, 9.17) is 4.74 Å². The first-order valence-corrected chi connectivity index (χ1v) is 8.29. The van der Waals surface area contributed by atoms with Gasteiger partial charge in [-0.15, -0.1) is 0 Å². The van der Waals surface area contributed by atoms with Crippen molar-refractivity contribution >= 4 is 5.78 Å². The van der Waals surface area contributed by atoms with Crippen molar-refractivity contribution in [1.29, 1.82) is 0 Å². The summed E-state index contributed by atoms with van der Waals surface area (Å²) in [5.74, 6) is 0.0520. The van der Waals surface area contributed by atoms with Gasteiger partial charge in [-0.2, -0.15) is 0 Å². The summed E-state index contributed by atoms with van der Waals surface area (Å²) in [7, 11) is 0. The summed E-state index contributed by atoms with van der Waals surface area (Å²) in [5, 5.41) is 0. The summed E-state index contributed by atoms with van der Waals surface area (Å²) in [5.41, 5.74) is 4.60. The van der Waals surface area contributed by atoms with Crippen LogP contribution in [0, 0.1) is 25.7 Å². The summed E-state index contributed by atoms with van der Waals surface area (Å²) in [6.45, 7) is 8.10. The highest BCUT2D eigenvalue weighted by molar-refractivity contribution is 5.85. The lowest BCUT2D eigenvalue weighted by molar-refractivity contribution is -0.157. The Bertz CT molecular complexity index is 625. The van der Waals surface area contributed by atoms with Crippen molar-refractivity contribution < 1.29 is 9.53 Å². The molecule has 1 aliphatic heterocycles. The molecule has 0 unspecified atom stereocenters. The third-order valence-corrected chi connectivity index (χ3v) is 4.91. The lowest BCUT2D eigenvalue weighted by Crippen LogP contribution is -2.37. The highest BCUT2D eigenvalue weighted by Gasteiger charge is 2.41. The van der Waals surface area contributed by atoms with Gasteiger partial charge in [0, 0.05) is 11.8 Å². The molecule has 3 rings (SSSR count). The van der Waals surface area contributed by atoms with Gasteiger partial charge >= 0.3 is 0 Å². The van der Waals surface area contributed by atoms with Crippen LogP contribution >= 0.6 is 0 Å². The van der Waals surface area contributed by atoms with Gasteiger partial charge in [-0.05, 0) is 25.0 Å². The Labute approximate surface area is 138 Å². The van der Waals surface area contributed by atoms with Crippen LogP contribution in [0.2, 0.25) is 0 Å². The number of aryl methyl sites for hydroxylation is 2. The minimum absolute atomic E-state index is 0.116. The maximum Gasteiger partial charge on any atom is 0.144 e.